The Morgan fingerprint density at radius 3 is 2.47 bits per heavy atom. The molecule has 19 heavy (non-hydrogen) atoms. The van der Waals surface area contributed by atoms with E-state index in [1.165, 1.54) is 18.9 Å². The zero-order valence-corrected chi connectivity index (χ0v) is 12.3. The van der Waals surface area contributed by atoms with Crippen LogP contribution in [-0.4, -0.2) is 15.0 Å². The lowest BCUT2D eigenvalue weighted by atomic mass is 10.1. The van der Waals surface area contributed by atoms with E-state index in [4.69, 9.17) is 10.9 Å². The minimum absolute atomic E-state index is 0.0298. The van der Waals surface area contributed by atoms with Crippen LogP contribution < -0.4 is 16.2 Å². The largest absolute Gasteiger partial charge is 0.398 e. The molecule has 108 valence electrons. The highest BCUT2D eigenvalue weighted by Crippen LogP contribution is 2.21. The maximum absolute atomic E-state index is 11.2. The molecule has 1 rings (SSSR count). The van der Waals surface area contributed by atoms with Gasteiger partial charge in [-0.15, -0.1) is 0 Å². The van der Waals surface area contributed by atoms with Gasteiger partial charge < -0.3 is 11.1 Å². The number of nitrogens with one attached hydrogen (secondary N) is 1. The Balaban J connectivity index is 2.51. The first-order valence-electron chi connectivity index (χ1n) is 6.47. The average Bonchev–Trinajstić information content (AvgIpc) is 2.26. The van der Waals surface area contributed by atoms with Crippen LogP contribution in [-0.2, 0) is 10.0 Å². The molecule has 5 N–H and O–H groups in total. The highest BCUT2D eigenvalue weighted by Gasteiger charge is 2.11. The molecule has 0 saturated heterocycles. The number of anilines is 2. The van der Waals surface area contributed by atoms with Gasteiger partial charge >= 0.3 is 0 Å². The summed E-state index contributed by atoms with van der Waals surface area (Å²) >= 11 is 0. The van der Waals surface area contributed by atoms with Crippen LogP contribution in [0.4, 0.5) is 11.4 Å². The van der Waals surface area contributed by atoms with E-state index >= 15 is 0 Å². The Hall–Kier alpha value is -1.27. The zero-order chi connectivity index (χ0) is 14.5. The van der Waals surface area contributed by atoms with Gasteiger partial charge in [0, 0.05) is 12.2 Å². The Labute approximate surface area is 115 Å². The van der Waals surface area contributed by atoms with Crippen molar-refractivity contribution in [2.45, 2.75) is 38.0 Å². The molecule has 0 radical (unpaired) electrons. The van der Waals surface area contributed by atoms with Crippen molar-refractivity contribution in [3.63, 3.8) is 0 Å². The van der Waals surface area contributed by atoms with Gasteiger partial charge in [-0.2, -0.15) is 0 Å². The summed E-state index contributed by atoms with van der Waals surface area (Å²) in [7, 11) is -3.74. The van der Waals surface area contributed by atoms with E-state index in [-0.39, 0.29) is 10.6 Å². The van der Waals surface area contributed by atoms with Crippen LogP contribution in [0.5, 0.6) is 0 Å². The lowest BCUT2D eigenvalue weighted by Gasteiger charge is -2.10. The smallest absolute Gasteiger partial charge is 0.240 e. The zero-order valence-electron chi connectivity index (χ0n) is 11.5. The number of sulfonamides is 1. The van der Waals surface area contributed by atoms with Crippen molar-refractivity contribution in [3.05, 3.63) is 18.2 Å². The van der Waals surface area contributed by atoms with Gasteiger partial charge in [0.2, 0.25) is 10.0 Å². The molecule has 0 saturated carbocycles. The monoisotopic (exact) mass is 285 g/mol. The van der Waals surface area contributed by atoms with Gasteiger partial charge in [-0.1, -0.05) is 26.7 Å². The summed E-state index contributed by atoms with van der Waals surface area (Å²) in [5.74, 6) is 0.727. The number of nitrogens with two attached hydrogens (primary N) is 2. The lowest BCUT2D eigenvalue weighted by Crippen LogP contribution is -2.14. The average molecular weight is 285 g/mol. The maximum Gasteiger partial charge on any atom is 0.240 e. The molecule has 0 spiro atoms. The van der Waals surface area contributed by atoms with Gasteiger partial charge in [0.1, 0.15) is 4.90 Å². The van der Waals surface area contributed by atoms with Crippen molar-refractivity contribution < 1.29 is 8.42 Å². The predicted octanol–water partition coefficient (Wildman–Crippen LogP) is 2.15. The van der Waals surface area contributed by atoms with Gasteiger partial charge in [-0.05, 0) is 30.5 Å². The first-order chi connectivity index (χ1) is 8.80. The van der Waals surface area contributed by atoms with Gasteiger partial charge in [0.25, 0.3) is 0 Å². The Morgan fingerprint density at radius 2 is 1.95 bits per heavy atom. The predicted molar refractivity (Wildman–Crippen MR) is 79.4 cm³/mol. The van der Waals surface area contributed by atoms with E-state index in [1.807, 2.05) is 0 Å². The van der Waals surface area contributed by atoms with Crippen molar-refractivity contribution in [3.8, 4) is 0 Å². The fraction of sp³-hybridized carbons (Fsp3) is 0.538. The quantitative estimate of drug-likeness (QED) is 0.528. The van der Waals surface area contributed by atoms with Crippen molar-refractivity contribution in [2.24, 2.45) is 11.1 Å². The van der Waals surface area contributed by atoms with Crippen LogP contribution in [0.2, 0.25) is 0 Å². The van der Waals surface area contributed by atoms with Crippen molar-refractivity contribution in [2.75, 3.05) is 17.6 Å². The van der Waals surface area contributed by atoms with Crippen LogP contribution in [0, 0.1) is 5.92 Å². The molecule has 0 aromatic heterocycles. The fourth-order valence-electron chi connectivity index (χ4n) is 1.83. The minimum Gasteiger partial charge on any atom is -0.398 e. The van der Waals surface area contributed by atoms with Crippen LogP contribution in [0.1, 0.15) is 33.1 Å². The summed E-state index contributed by atoms with van der Waals surface area (Å²) in [5.41, 5.74) is 6.67. The minimum atomic E-state index is -3.74. The van der Waals surface area contributed by atoms with Crippen molar-refractivity contribution in [1.82, 2.24) is 0 Å². The molecule has 0 aliphatic carbocycles. The van der Waals surface area contributed by atoms with E-state index in [9.17, 15) is 8.42 Å². The second-order valence-electron chi connectivity index (χ2n) is 5.11. The number of benzene rings is 1. The third-order valence-corrected chi connectivity index (χ3v) is 3.84. The molecule has 0 aliphatic rings. The third kappa shape index (κ3) is 5.48. The van der Waals surface area contributed by atoms with E-state index in [2.05, 4.69) is 19.2 Å². The summed E-state index contributed by atoms with van der Waals surface area (Å²) in [6.45, 7) is 5.26. The first kappa shape index (κ1) is 15.8. The number of rotatable bonds is 7. The number of hydrogen-bond donors (Lipinski definition) is 3. The summed E-state index contributed by atoms with van der Waals surface area (Å²) < 4.78 is 22.4. The number of nitrogen functional groups attached to an aromatic ring is 1. The third-order valence-electron chi connectivity index (χ3n) is 2.85. The molecular weight excluding hydrogens is 262 g/mol. The maximum atomic E-state index is 11.2. The van der Waals surface area contributed by atoms with Gasteiger partial charge in [0.15, 0.2) is 0 Å². The number of hydrogen-bond acceptors (Lipinski definition) is 4. The molecule has 0 bridgehead atoms. The molecule has 0 aliphatic heterocycles. The van der Waals surface area contributed by atoms with Crippen LogP contribution in [0.15, 0.2) is 23.1 Å². The van der Waals surface area contributed by atoms with E-state index < -0.39 is 10.0 Å². The Bertz CT molecular complexity index is 513. The number of unbranched alkanes of at least 4 members (excludes halogenated alkanes) is 1. The summed E-state index contributed by atoms with van der Waals surface area (Å²) in [6, 6.07) is 4.71. The molecule has 1 aromatic rings. The second-order valence-corrected chi connectivity index (χ2v) is 6.64. The SMILES string of the molecule is CC(C)CCCCNc1ccc(S(N)(=O)=O)c(N)c1. The van der Waals surface area contributed by atoms with Crippen LogP contribution in [0.3, 0.4) is 0 Å². The fourth-order valence-corrected chi connectivity index (χ4v) is 2.47. The van der Waals surface area contributed by atoms with Gasteiger partial charge in [-0.3, -0.25) is 0 Å². The van der Waals surface area contributed by atoms with Gasteiger partial charge in [-0.25, -0.2) is 13.6 Å². The molecular formula is C13H23N3O2S. The highest BCUT2D eigenvalue weighted by molar-refractivity contribution is 7.89. The van der Waals surface area contributed by atoms with Crippen LogP contribution in [0.25, 0.3) is 0 Å². The molecule has 5 nitrogen and oxygen atoms in total. The Kier molecular flexibility index (Phi) is 5.62. The molecule has 1 aromatic carbocycles. The lowest BCUT2D eigenvalue weighted by molar-refractivity contribution is 0.545. The highest BCUT2D eigenvalue weighted by atomic mass is 32.2. The molecule has 6 heteroatoms. The molecule has 0 unspecified atom stereocenters. The molecule has 0 atom stereocenters. The van der Waals surface area contributed by atoms with Crippen molar-refractivity contribution >= 4 is 21.4 Å². The summed E-state index contributed by atoms with van der Waals surface area (Å²) in [5, 5.41) is 8.27. The first-order valence-corrected chi connectivity index (χ1v) is 8.01. The normalized spacial score (nSPS) is 11.8. The summed E-state index contributed by atoms with van der Waals surface area (Å²) in [6.07, 6.45) is 3.47. The Morgan fingerprint density at radius 1 is 1.26 bits per heavy atom. The van der Waals surface area contributed by atoms with Crippen molar-refractivity contribution in [1.29, 1.82) is 0 Å². The molecule has 0 amide bonds. The van der Waals surface area contributed by atoms with Crippen LogP contribution >= 0.6 is 0 Å². The van der Waals surface area contributed by atoms with E-state index in [0.29, 0.717) is 0 Å². The van der Waals surface area contributed by atoms with E-state index in [0.717, 1.165) is 24.6 Å². The molecule has 0 heterocycles. The summed E-state index contributed by atoms with van der Waals surface area (Å²) in [4.78, 5) is -0.0298. The topological polar surface area (TPSA) is 98.2 Å². The van der Waals surface area contributed by atoms with Gasteiger partial charge in [0.05, 0.1) is 5.69 Å². The second kappa shape index (κ2) is 6.77. The van der Waals surface area contributed by atoms with E-state index in [1.54, 1.807) is 12.1 Å². The number of primary sulfonamides is 1. The standard InChI is InChI=1S/C13H23N3O2S/c1-10(2)5-3-4-8-16-11-6-7-13(12(14)9-11)19(15,17)18/h6-7,9-10,16H,3-5,8,14H2,1-2H3,(H2,15,17,18). The molecule has 0 fully saturated rings.